The predicted molar refractivity (Wildman–Crippen MR) is 135 cm³/mol. The number of hydrogen-bond donors (Lipinski definition) is 2. The highest BCUT2D eigenvalue weighted by atomic mass is 32.1. The zero-order valence-electron chi connectivity index (χ0n) is 20.4. The number of aryl methyl sites for hydroxylation is 1. The maximum atomic E-state index is 13.8. The lowest BCUT2D eigenvalue weighted by molar-refractivity contribution is -0.172. The largest absolute Gasteiger partial charge is 0.473 e. The van der Waals surface area contributed by atoms with Gasteiger partial charge in [-0.3, -0.25) is 14.6 Å². The fraction of sp³-hybridized carbons (Fsp3) is 0.308. The van der Waals surface area contributed by atoms with Gasteiger partial charge in [-0.2, -0.15) is 13.2 Å². The van der Waals surface area contributed by atoms with Crippen LogP contribution in [-0.2, 0) is 26.5 Å². The second kappa shape index (κ2) is 12.2. The van der Waals surface area contributed by atoms with Crippen LogP contribution in [-0.4, -0.2) is 57.2 Å². The summed E-state index contributed by atoms with van der Waals surface area (Å²) in [7, 11) is 0. The molecule has 4 rings (SSSR count). The molecule has 12 heteroatoms. The zero-order valence-corrected chi connectivity index (χ0v) is 21.2. The second-order valence-electron chi connectivity index (χ2n) is 8.67. The molecule has 3 aromatic rings. The number of nitrogens with zero attached hydrogens (tertiary/aromatic N) is 3. The van der Waals surface area contributed by atoms with Crippen molar-refractivity contribution in [1.29, 1.82) is 0 Å². The third-order valence-electron chi connectivity index (χ3n) is 6.02. The van der Waals surface area contributed by atoms with Crippen molar-refractivity contribution < 1.29 is 37.8 Å². The van der Waals surface area contributed by atoms with Crippen molar-refractivity contribution in [3.8, 4) is 0 Å². The monoisotopic (exact) mass is 549 g/mol. The van der Waals surface area contributed by atoms with Gasteiger partial charge in [0.1, 0.15) is 10.5 Å². The molecule has 0 atom stereocenters. The van der Waals surface area contributed by atoms with Gasteiger partial charge in [-0.15, -0.1) is 11.3 Å². The molecular weight excluding hydrogens is 523 g/mol. The average Bonchev–Trinajstić information content (AvgIpc) is 3.33. The first-order valence-corrected chi connectivity index (χ1v) is 12.4. The van der Waals surface area contributed by atoms with Crippen molar-refractivity contribution in [2.24, 2.45) is 0 Å². The number of likely N-dealkylation sites (tertiary alicyclic amines) is 1. The number of alkyl halides is 3. The maximum Gasteiger partial charge on any atom is 0.471 e. The van der Waals surface area contributed by atoms with Crippen LogP contribution in [0.5, 0.6) is 0 Å². The van der Waals surface area contributed by atoms with Gasteiger partial charge in [0.25, 0.3) is 0 Å². The molecule has 0 unspecified atom stereocenters. The van der Waals surface area contributed by atoms with E-state index in [1.807, 2.05) is 42.6 Å². The van der Waals surface area contributed by atoms with Gasteiger partial charge >= 0.3 is 24.0 Å². The number of thiazole rings is 1. The number of aromatic nitrogens is 1. The van der Waals surface area contributed by atoms with Gasteiger partial charge in [-0.25, -0.2) is 14.6 Å². The molecule has 0 spiro atoms. The van der Waals surface area contributed by atoms with E-state index in [0.717, 1.165) is 16.2 Å². The highest BCUT2D eigenvalue weighted by Crippen LogP contribution is 2.45. The zero-order chi connectivity index (χ0) is 27.9. The summed E-state index contributed by atoms with van der Waals surface area (Å²) in [5, 5.41) is 17.2. The molecule has 2 N–H and O–H groups in total. The third-order valence-corrected chi connectivity index (χ3v) is 7.17. The molecule has 2 aromatic carbocycles. The van der Waals surface area contributed by atoms with Crippen molar-refractivity contribution in [3.05, 3.63) is 82.3 Å². The number of carbonyl (C=O) groups excluding carboxylic acids is 1. The number of aliphatic carboxylic acids is 2. The topological polar surface area (TPSA) is 111 Å². The van der Waals surface area contributed by atoms with E-state index in [0.29, 0.717) is 37.5 Å². The molecule has 0 radical (unpaired) electrons. The Bertz CT molecular complexity index is 1230. The molecule has 0 bridgehead atoms. The van der Waals surface area contributed by atoms with Gasteiger partial charge in [0.15, 0.2) is 0 Å². The van der Waals surface area contributed by atoms with Gasteiger partial charge in [-0.05, 0) is 37.5 Å². The number of carboxylic acids is 2. The molecule has 1 aliphatic rings. The summed E-state index contributed by atoms with van der Waals surface area (Å²) in [4.78, 5) is 38.7. The van der Waals surface area contributed by atoms with Gasteiger partial charge in [-0.1, -0.05) is 48.5 Å². The number of benzene rings is 2. The van der Waals surface area contributed by atoms with Crippen LogP contribution in [0.25, 0.3) is 0 Å². The van der Waals surface area contributed by atoms with Crippen LogP contribution < -0.4 is 4.90 Å². The number of rotatable bonds is 5. The first-order valence-electron chi connectivity index (χ1n) is 11.6. The molecule has 202 valence electrons. The third kappa shape index (κ3) is 6.95. The van der Waals surface area contributed by atoms with Crippen LogP contribution in [0.1, 0.15) is 29.1 Å². The van der Waals surface area contributed by atoms with E-state index < -0.39 is 29.6 Å². The Kier molecular flexibility index (Phi) is 9.23. The Morgan fingerprint density at radius 2 is 1.50 bits per heavy atom. The number of anilines is 1. The summed E-state index contributed by atoms with van der Waals surface area (Å²) in [5.41, 5.74) is 0.971. The lowest BCUT2D eigenvalue weighted by Crippen LogP contribution is -2.58. The number of para-hydroxylation sites is 1. The Balaban J connectivity index is 0.000000599. The summed E-state index contributed by atoms with van der Waals surface area (Å²) in [5.74, 6) is -5.50. The minimum Gasteiger partial charge on any atom is -0.473 e. The van der Waals surface area contributed by atoms with E-state index in [2.05, 4.69) is 9.88 Å². The number of amides is 1. The Morgan fingerprint density at radius 1 is 0.974 bits per heavy atom. The van der Waals surface area contributed by atoms with Crippen LogP contribution in [0.4, 0.5) is 18.9 Å². The normalized spacial score (nSPS) is 15.2. The molecule has 1 fully saturated rings. The van der Waals surface area contributed by atoms with E-state index in [1.54, 1.807) is 30.3 Å². The van der Waals surface area contributed by atoms with E-state index in [-0.39, 0.29) is 5.69 Å². The van der Waals surface area contributed by atoms with Crippen molar-refractivity contribution in [1.82, 2.24) is 9.88 Å². The summed E-state index contributed by atoms with van der Waals surface area (Å²) in [6, 6.07) is 18.1. The smallest absolute Gasteiger partial charge is 0.471 e. The minimum atomic E-state index is -4.99. The first-order chi connectivity index (χ1) is 17.9. The van der Waals surface area contributed by atoms with Crippen molar-refractivity contribution >= 4 is 34.9 Å². The SMILES string of the molecule is Cc1csc(C2(N(C(=O)C(F)(F)F)c3ccccc3)CCN(Cc3ccccc3)CC2)n1.O=C(O)C(=O)O. The highest BCUT2D eigenvalue weighted by molar-refractivity contribution is 7.09. The van der Waals surface area contributed by atoms with Crippen molar-refractivity contribution in [3.63, 3.8) is 0 Å². The van der Waals surface area contributed by atoms with Crippen molar-refractivity contribution in [2.75, 3.05) is 18.0 Å². The van der Waals surface area contributed by atoms with Gasteiger partial charge < -0.3 is 10.2 Å². The van der Waals surface area contributed by atoms with Crippen LogP contribution in [0, 0.1) is 6.92 Å². The molecule has 1 saturated heterocycles. The van der Waals surface area contributed by atoms with Gasteiger partial charge in [0, 0.05) is 36.4 Å². The van der Waals surface area contributed by atoms with Gasteiger partial charge in [0.2, 0.25) is 0 Å². The van der Waals surface area contributed by atoms with E-state index in [1.165, 1.54) is 11.3 Å². The standard InChI is InChI=1S/C24H24F3N3OS.C2H2O4/c1-18-17-32-21(28-18)23(12-14-29(15-13-23)16-19-8-4-2-5-9-19)30(22(31)24(25,26)27)20-10-6-3-7-11-20;3-1(4)2(5)6/h2-11,17H,12-16H2,1H3;(H,3,4)(H,5,6). The average molecular weight is 550 g/mol. The van der Waals surface area contributed by atoms with Crippen LogP contribution in [0.3, 0.4) is 0 Å². The van der Waals surface area contributed by atoms with Crippen molar-refractivity contribution in [2.45, 2.75) is 38.0 Å². The summed E-state index contributed by atoms with van der Waals surface area (Å²) in [6.07, 6.45) is -4.26. The Morgan fingerprint density at radius 3 is 1.95 bits per heavy atom. The Labute approximate surface area is 221 Å². The molecule has 8 nitrogen and oxygen atoms in total. The lowest BCUT2D eigenvalue weighted by atomic mass is 9.85. The number of carbonyl (C=O) groups is 3. The molecule has 1 aliphatic heterocycles. The number of piperidine rings is 1. The van der Waals surface area contributed by atoms with Gasteiger partial charge in [0.05, 0.1) is 0 Å². The van der Waals surface area contributed by atoms with Crippen LogP contribution in [0.2, 0.25) is 0 Å². The molecule has 1 aromatic heterocycles. The van der Waals surface area contributed by atoms with Crippen LogP contribution in [0.15, 0.2) is 66.0 Å². The number of halogens is 3. The van der Waals surface area contributed by atoms with Crippen LogP contribution >= 0.6 is 11.3 Å². The van der Waals surface area contributed by atoms with E-state index >= 15 is 0 Å². The molecule has 2 heterocycles. The predicted octanol–water partition coefficient (Wildman–Crippen LogP) is 4.69. The molecule has 38 heavy (non-hydrogen) atoms. The van der Waals surface area contributed by atoms with E-state index in [4.69, 9.17) is 19.8 Å². The highest BCUT2D eigenvalue weighted by Gasteiger charge is 2.53. The fourth-order valence-corrected chi connectivity index (χ4v) is 5.33. The maximum absolute atomic E-state index is 13.8. The van der Waals surface area contributed by atoms with E-state index in [9.17, 15) is 18.0 Å². The Hall–Kier alpha value is -3.77. The first kappa shape index (κ1) is 28.8. The number of carboxylic acid groups (broad SMARTS) is 2. The summed E-state index contributed by atoms with van der Waals surface area (Å²) in [6.45, 7) is 3.65. The lowest BCUT2D eigenvalue weighted by Gasteiger charge is -2.47. The second-order valence-corrected chi connectivity index (χ2v) is 9.53. The fourth-order valence-electron chi connectivity index (χ4n) is 4.29. The minimum absolute atomic E-state index is 0.235. The molecular formula is C26H26F3N3O5S. The number of hydrogen-bond acceptors (Lipinski definition) is 6. The molecule has 1 amide bonds. The quantitative estimate of drug-likeness (QED) is 0.444. The molecule has 0 saturated carbocycles. The summed E-state index contributed by atoms with van der Waals surface area (Å²) < 4.78 is 41.3. The summed E-state index contributed by atoms with van der Waals surface area (Å²) >= 11 is 1.32. The molecule has 0 aliphatic carbocycles.